The highest BCUT2D eigenvalue weighted by atomic mass is 79.9. The molecule has 1 fully saturated rings. The predicted octanol–water partition coefficient (Wildman–Crippen LogP) is 4.21. The van der Waals surface area contributed by atoms with Gasteiger partial charge in [-0.1, -0.05) is 24.3 Å². The molecule has 4 aromatic rings. The number of nitrogens with zero attached hydrogens (tertiary/aromatic N) is 4. The average Bonchev–Trinajstić information content (AvgIpc) is 3.23. The van der Waals surface area contributed by atoms with E-state index in [2.05, 4.69) is 49.6 Å². The number of fused-ring (bicyclic) bond motifs is 3. The average molecular weight is 435 g/mol. The molecule has 1 aliphatic rings. The van der Waals surface area contributed by atoms with Crippen molar-refractivity contribution in [1.82, 2.24) is 14.3 Å². The highest BCUT2D eigenvalue weighted by Crippen LogP contribution is 2.26. The molecule has 2 aromatic carbocycles. The number of aromatic nitrogens is 2. The quantitative estimate of drug-likeness (QED) is 0.474. The number of rotatable bonds is 2. The third-order valence-electron chi connectivity index (χ3n) is 5.32. The van der Waals surface area contributed by atoms with Crippen LogP contribution in [0.25, 0.3) is 16.6 Å². The van der Waals surface area contributed by atoms with E-state index in [-0.39, 0.29) is 5.91 Å². The Hall–Kier alpha value is -2.86. The molecule has 0 atom stereocenters. The van der Waals surface area contributed by atoms with Gasteiger partial charge in [-0.15, -0.1) is 0 Å². The Morgan fingerprint density at radius 1 is 0.857 bits per heavy atom. The molecule has 28 heavy (non-hydrogen) atoms. The first-order valence-electron chi connectivity index (χ1n) is 9.37. The highest BCUT2D eigenvalue weighted by Gasteiger charge is 2.25. The third kappa shape index (κ3) is 2.85. The fourth-order valence-corrected chi connectivity index (χ4v) is 4.32. The molecule has 1 amide bonds. The van der Waals surface area contributed by atoms with Gasteiger partial charge in [0.25, 0.3) is 5.91 Å². The van der Waals surface area contributed by atoms with Gasteiger partial charge in [0.05, 0.1) is 22.1 Å². The van der Waals surface area contributed by atoms with Crippen LogP contribution in [0, 0.1) is 0 Å². The zero-order valence-corrected chi connectivity index (χ0v) is 16.8. The van der Waals surface area contributed by atoms with E-state index in [0.717, 1.165) is 39.9 Å². The van der Waals surface area contributed by atoms with Gasteiger partial charge in [-0.25, -0.2) is 4.98 Å². The molecule has 6 heteroatoms. The van der Waals surface area contributed by atoms with Crippen LogP contribution in [0.15, 0.2) is 71.3 Å². The predicted molar refractivity (Wildman–Crippen MR) is 115 cm³/mol. The van der Waals surface area contributed by atoms with Crippen LogP contribution in [0.1, 0.15) is 10.4 Å². The zero-order valence-electron chi connectivity index (χ0n) is 15.3. The number of carbonyl (C=O) groups is 1. The van der Waals surface area contributed by atoms with Crippen molar-refractivity contribution in [1.29, 1.82) is 0 Å². The van der Waals surface area contributed by atoms with E-state index in [1.807, 2.05) is 47.4 Å². The molecule has 0 unspecified atom stereocenters. The first-order valence-corrected chi connectivity index (χ1v) is 10.2. The minimum absolute atomic E-state index is 0.0754. The third-order valence-corrected chi connectivity index (χ3v) is 6.01. The monoisotopic (exact) mass is 434 g/mol. The topological polar surface area (TPSA) is 40.9 Å². The minimum atomic E-state index is 0.0754. The molecule has 5 nitrogen and oxygen atoms in total. The normalized spacial score (nSPS) is 14.8. The van der Waals surface area contributed by atoms with Crippen LogP contribution >= 0.6 is 15.9 Å². The molecule has 0 aliphatic carbocycles. The Morgan fingerprint density at radius 2 is 1.57 bits per heavy atom. The van der Waals surface area contributed by atoms with Crippen molar-refractivity contribution < 1.29 is 4.79 Å². The van der Waals surface area contributed by atoms with Crippen molar-refractivity contribution >= 4 is 44.2 Å². The van der Waals surface area contributed by atoms with E-state index < -0.39 is 0 Å². The van der Waals surface area contributed by atoms with Crippen LogP contribution in [0.5, 0.6) is 0 Å². The summed E-state index contributed by atoms with van der Waals surface area (Å²) in [7, 11) is 0. The Morgan fingerprint density at radius 3 is 2.39 bits per heavy atom. The Kier molecular flexibility index (Phi) is 4.28. The van der Waals surface area contributed by atoms with E-state index in [1.54, 1.807) is 0 Å². The molecule has 0 spiro atoms. The lowest BCUT2D eigenvalue weighted by molar-refractivity contribution is 0.0745. The second-order valence-corrected chi connectivity index (χ2v) is 7.80. The summed E-state index contributed by atoms with van der Waals surface area (Å²) >= 11 is 3.49. The van der Waals surface area contributed by atoms with Crippen molar-refractivity contribution in [3.05, 3.63) is 76.9 Å². The molecule has 1 aliphatic heterocycles. The van der Waals surface area contributed by atoms with Gasteiger partial charge in [-0.3, -0.25) is 4.79 Å². The standard InChI is InChI=1S/C22H19BrN4O/c23-17-7-2-1-6-16(17)22(28)26-14-12-25(13-15-26)21-20-10-5-11-27(20)19-9-4-3-8-18(19)24-21/h1-11H,12-15H2. The SMILES string of the molecule is O=C(c1ccccc1Br)N1CCN(c2nc3ccccc3n3cccc23)CC1. The fourth-order valence-electron chi connectivity index (χ4n) is 3.87. The van der Waals surface area contributed by atoms with Gasteiger partial charge >= 0.3 is 0 Å². The summed E-state index contributed by atoms with van der Waals surface area (Å²) in [4.78, 5) is 22.0. The summed E-state index contributed by atoms with van der Waals surface area (Å²) in [5, 5.41) is 0. The van der Waals surface area contributed by atoms with Crippen LogP contribution in [0.4, 0.5) is 5.82 Å². The molecule has 3 heterocycles. The van der Waals surface area contributed by atoms with Crippen LogP contribution in [0.3, 0.4) is 0 Å². The highest BCUT2D eigenvalue weighted by molar-refractivity contribution is 9.10. The Balaban J connectivity index is 1.42. The van der Waals surface area contributed by atoms with E-state index in [1.165, 1.54) is 0 Å². The largest absolute Gasteiger partial charge is 0.351 e. The maximum absolute atomic E-state index is 12.9. The number of benzene rings is 2. The lowest BCUT2D eigenvalue weighted by Crippen LogP contribution is -2.49. The molecular formula is C22H19BrN4O. The zero-order chi connectivity index (χ0) is 19.1. The van der Waals surface area contributed by atoms with E-state index in [4.69, 9.17) is 4.98 Å². The van der Waals surface area contributed by atoms with Crippen molar-refractivity contribution in [3.63, 3.8) is 0 Å². The van der Waals surface area contributed by atoms with Crippen LogP contribution < -0.4 is 4.90 Å². The molecule has 2 aromatic heterocycles. The minimum Gasteiger partial charge on any atom is -0.351 e. The maximum Gasteiger partial charge on any atom is 0.255 e. The van der Waals surface area contributed by atoms with Gasteiger partial charge in [0, 0.05) is 36.8 Å². The van der Waals surface area contributed by atoms with E-state index in [0.29, 0.717) is 18.7 Å². The molecule has 1 saturated heterocycles. The maximum atomic E-state index is 12.9. The number of amides is 1. The molecule has 0 radical (unpaired) electrons. The van der Waals surface area contributed by atoms with Crippen molar-refractivity contribution in [2.75, 3.05) is 31.1 Å². The lowest BCUT2D eigenvalue weighted by atomic mass is 10.2. The van der Waals surface area contributed by atoms with Crippen molar-refractivity contribution in [3.8, 4) is 0 Å². The second kappa shape index (κ2) is 6.95. The van der Waals surface area contributed by atoms with Gasteiger partial charge in [0.2, 0.25) is 0 Å². The van der Waals surface area contributed by atoms with Gasteiger partial charge in [0.1, 0.15) is 0 Å². The number of piperazine rings is 1. The first kappa shape index (κ1) is 17.3. The molecule has 0 bridgehead atoms. The summed E-state index contributed by atoms with van der Waals surface area (Å²) in [6.45, 7) is 2.90. The van der Waals surface area contributed by atoms with Crippen LogP contribution in [-0.4, -0.2) is 46.4 Å². The van der Waals surface area contributed by atoms with Gasteiger partial charge in [-0.2, -0.15) is 0 Å². The van der Waals surface area contributed by atoms with Crippen LogP contribution in [0.2, 0.25) is 0 Å². The van der Waals surface area contributed by atoms with Crippen molar-refractivity contribution in [2.45, 2.75) is 0 Å². The smallest absolute Gasteiger partial charge is 0.255 e. The number of anilines is 1. The molecule has 0 N–H and O–H groups in total. The Labute approximate surface area is 171 Å². The van der Waals surface area contributed by atoms with E-state index >= 15 is 0 Å². The van der Waals surface area contributed by atoms with Gasteiger partial charge in [0.15, 0.2) is 5.82 Å². The molecule has 5 rings (SSSR count). The molecule has 0 saturated carbocycles. The summed E-state index contributed by atoms with van der Waals surface area (Å²) in [6.07, 6.45) is 2.08. The second-order valence-electron chi connectivity index (χ2n) is 6.95. The van der Waals surface area contributed by atoms with E-state index in [9.17, 15) is 4.79 Å². The molecule has 140 valence electrons. The number of hydrogen-bond donors (Lipinski definition) is 0. The van der Waals surface area contributed by atoms with Gasteiger partial charge < -0.3 is 14.2 Å². The lowest BCUT2D eigenvalue weighted by Gasteiger charge is -2.36. The summed E-state index contributed by atoms with van der Waals surface area (Å²) in [5.74, 6) is 1.06. The molecular weight excluding hydrogens is 416 g/mol. The Bertz CT molecular complexity index is 1180. The number of halogens is 1. The van der Waals surface area contributed by atoms with Crippen molar-refractivity contribution in [2.24, 2.45) is 0 Å². The summed E-state index contributed by atoms with van der Waals surface area (Å²) in [6, 6.07) is 20.0. The summed E-state index contributed by atoms with van der Waals surface area (Å²) < 4.78 is 3.03. The van der Waals surface area contributed by atoms with Gasteiger partial charge in [-0.05, 0) is 52.3 Å². The number of carbonyl (C=O) groups excluding carboxylic acids is 1. The summed E-state index contributed by atoms with van der Waals surface area (Å²) in [5.41, 5.74) is 3.90. The first-order chi connectivity index (χ1) is 13.7. The number of hydrogen-bond acceptors (Lipinski definition) is 3. The number of para-hydroxylation sites is 2. The fraction of sp³-hybridized carbons (Fsp3) is 0.182. The van der Waals surface area contributed by atoms with Crippen LogP contribution in [-0.2, 0) is 0 Å².